The molecule has 0 unspecified atom stereocenters. The number of methoxy groups -OCH3 is 1. The van der Waals surface area contributed by atoms with Crippen LogP contribution in [0.1, 0.15) is 16.7 Å². The summed E-state index contributed by atoms with van der Waals surface area (Å²) in [6, 6.07) is 15.2. The number of carbonyl (C=O) groups is 1. The van der Waals surface area contributed by atoms with Gasteiger partial charge in [0.05, 0.1) is 18.2 Å². The van der Waals surface area contributed by atoms with E-state index in [9.17, 15) is 4.79 Å². The van der Waals surface area contributed by atoms with Crippen LogP contribution in [0.2, 0.25) is 5.15 Å². The fourth-order valence-electron chi connectivity index (χ4n) is 2.94. The Hall–Kier alpha value is -3.11. The number of ether oxygens (including phenoxy) is 2. The number of rotatable bonds is 3. The molecule has 0 spiro atoms. The van der Waals surface area contributed by atoms with Crippen molar-refractivity contribution >= 4 is 40.3 Å². The van der Waals surface area contributed by atoms with Crippen molar-refractivity contribution in [2.45, 2.75) is 6.92 Å². The van der Waals surface area contributed by atoms with E-state index < -0.39 is 5.97 Å². The molecule has 134 valence electrons. The molecule has 0 saturated heterocycles. The van der Waals surface area contributed by atoms with Crippen LogP contribution in [0.3, 0.4) is 0 Å². The van der Waals surface area contributed by atoms with Gasteiger partial charge in [0, 0.05) is 16.5 Å². The van der Waals surface area contributed by atoms with Crippen LogP contribution in [0.4, 0.5) is 0 Å². The summed E-state index contributed by atoms with van der Waals surface area (Å²) in [6.07, 6.45) is 3.41. The first-order chi connectivity index (χ1) is 13.0. The highest BCUT2D eigenvalue weighted by molar-refractivity contribution is 6.31. The van der Waals surface area contributed by atoms with Gasteiger partial charge in [-0.1, -0.05) is 23.2 Å². The molecule has 0 amide bonds. The number of esters is 1. The maximum atomic E-state index is 12.3. The number of hydrogen-bond acceptors (Lipinski definition) is 4. The molecule has 1 aliphatic rings. The molecule has 3 aromatic rings. The molecule has 0 fully saturated rings. The van der Waals surface area contributed by atoms with Gasteiger partial charge in [-0.05, 0) is 61.5 Å². The highest BCUT2D eigenvalue weighted by atomic mass is 35.5. The number of hydrogen-bond donors (Lipinski definition) is 0. The van der Waals surface area contributed by atoms with E-state index >= 15 is 0 Å². The van der Waals surface area contributed by atoms with Gasteiger partial charge in [-0.3, -0.25) is 0 Å². The molecular weight excluding hydrogens is 362 g/mol. The number of halogens is 1. The Balaban J connectivity index is 1.72. The summed E-state index contributed by atoms with van der Waals surface area (Å²) in [5, 5.41) is 1.31. The molecule has 0 saturated carbocycles. The normalized spacial score (nSPS) is 15.1. The van der Waals surface area contributed by atoms with Gasteiger partial charge in [0.1, 0.15) is 16.7 Å². The lowest BCUT2D eigenvalue weighted by Crippen LogP contribution is -1.97. The highest BCUT2D eigenvalue weighted by Gasteiger charge is 2.22. The maximum absolute atomic E-state index is 12.3. The molecule has 1 aliphatic heterocycles. The molecule has 5 heteroatoms. The number of fused-ring (bicyclic) bond motifs is 1. The fourth-order valence-corrected chi connectivity index (χ4v) is 3.14. The van der Waals surface area contributed by atoms with Gasteiger partial charge in [-0.2, -0.15) is 0 Å². The Morgan fingerprint density at radius 3 is 2.63 bits per heavy atom. The number of nitrogens with zero attached hydrogens (tertiary/aromatic N) is 1. The zero-order valence-corrected chi connectivity index (χ0v) is 15.6. The van der Waals surface area contributed by atoms with E-state index in [0.29, 0.717) is 22.0 Å². The van der Waals surface area contributed by atoms with Crippen molar-refractivity contribution < 1.29 is 14.3 Å². The summed E-state index contributed by atoms with van der Waals surface area (Å²) in [7, 11) is 1.60. The molecule has 0 radical (unpaired) electrons. The summed E-state index contributed by atoms with van der Waals surface area (Å²) in [4.78, 5) is 16.7. The van der Waals surface area contributed by atoms with Gasteiger partial charge in [-0.15, -0.1) is 0 Å². The first kappa shape index (κ1) is 17.3. The standard InChI is InChI=1S/C22H16ClNO3/c1-13-3-8-19-15(9-13)10-16(21(23)24-19)11-17-12-20(27-22(17)25)14-4-6-18(26-2)7-5-14/h3-12H,1-2H3/b17-11-. The topological polar surface area (TPSA) is 48.4 Å². The second kappa shape index (κ2) is 6.89. The smallest absolute Gasteiger partial charge is 0.343 e. The van der Waals surface area contributed by atoms with E-state index in [2.05, 4.69) is 4.98 Å². The minimum absolute atomic E-state index is 0.345. The van der Waals surface area contributed by atoms with Gasteiger partial charge in [-0.25, -0.2) is 9.78 Å². The summed E-state index contributed by atoms with van der Waals surface area (Å²) in [6.45, 7) is 2.02. The molecule has 0 bridgehead atoms. The monoisotopic (exact) mass is 377 g/mol. The first-order valence-electron chi connectivity index (χ1n) is 8.40. The lowest BCUT2D eigenvalue weighted by Gasteiger charge is -2.04. The molecule has 2 aromatic carbocycles. The van der Waals surface area contributed by atoms with Crippen molar-refractivity contribution in [3.05, 3.63) is 82.0 Å². The molecule has 4 nitrogen and oxygen atoms in total. The lowest BCUT2D eigenvalue weighted by molar-refractivity contribution is -0.130. The maximum Gasteiger partial charge on any atom is 0.343 e. The summed E-state index contributed by atoms with van der Waals surface area (Å²) in [5.41, 5.74) is 3.85. The first-order valence-corrected chi connectivity index (χ1v) is 8.78. The number of aryl methyl sites for hydroxylation is 1. The van der Waals surface area contributed by atoms with Gasteiger partial charge >= 0.3 is 5.97 Å². The zero-order valence-electron chi connectivity index (χ0n) is 14.8. The highest BCUT2D eigenvalue weighted by Crippen LogP contribution is 2.30. The summed E-state index contributed by atoms with van der Waals surface area (Å²) < 4.78 is 10.6. The van der Waals surface area contributed by atoms with Crippen molar-refractivity contribution in [2.24, 2.45) is 0 Å². The quantitative estimate of drug-likeness (QED) is 0.358. The summed E-state index contributed by atoms with van der Waals surface area (Å²) >= 11 is 6.31. The average molecular weight is 378 g/mol. The van der Waals surface area contributed by atoms with Gasteiger partial charge in [0.25, 0.3) is 0 Å². The average Bonchev–Trinajstić information content (AvgIpc) is 3.03. The molecule has 0 atom stereocenters. The number of carbonyl (C=O) groups excluding carboxylic acids is 1. The van der Waals surface area contributed by atoms with Crippen LogP contribution in [0.5, 0.6) is 5.75 Å². The largest absolute Gasteiger partial charge is 0.497 e. The van der Waals surface area contributed by atoms with Crippen LogP contribution in [-0.2, 0) is 9.53 Å². The van der Waals surface area contributed by atoms with Crippen LogP contribution in [0, 0.1) is 6.92 Å². The van der Waals surface area contributed by atoms with Crippen molar-refractivity contribution in [1.82, 2.24) is 4.98 Å². The molecular formula is C22H16ClNO3. The third-order valence-corrected chi connectivity index (χ3v) is 4.66. The predicted octanol–water partition coefficient (Wildman–Crippen LogP) is 5.19. The number of aromatic nitrogens is 1. The van der Waals surface area contributed by atoms with Crippen LogP contribution < -0.4 is 4.74 Å². The molecule has 1 aromatic heterocycles. The lowest BCUT2D eigenvalue weighted by atomic mass is 10.1. The minimum Gasteiger partial charge on any atom is -0.497 e. The number of benzene rings is 2. The Morgan fingerprint density at radius 2 is 1.89 bits per heavy atom. The molecule has 27 heavy (non-hydrogen) atoms. The van der Waals surface area contributed by atoms with Crippen LogP contribution in [0.25, 0.3) is 22.7 Å². The molecule has 0 aliphatic carbocycles. The van der Waals surface area contributed by atoms with Crippen molar-refractivity contribution in [3.63, 3.8) is 0 Å². The van der Waals surface area contributed by atoms with Gasteiger partial charge in [0.2, 0.25) is 0 Å². The van der Waals surface area contributed by atoms with Crippen molar-refractivity contribution in [3.8, 4) is 5.75 Å². The Kier molecular flexibility index (Phi) is 4.42. The molecule has 0 N–H and O–H groups in total. The van der Waals surface area contributed by atoms with Crippen LogP contribution in [-0.4, -0.2) is 18.1 Å². The number of cyclic esters (lactones) is 1. The van der Waals surface area contributed by atoms with Crippen molar-refractivity contribution in [2.75, 3.05) is 7.11 Å². The Bertz CT molecular complexity index is 1110. The SMILES string of the molecule is COc1ccc(C2=C/C(=C/c3cc4cc(C)ccc4nc3Cl)C(=O)O2)cc1. The molecule has 2 heterocycles. The van der Waals surface area contributed by atoms with E-state index in [1.54, 1.807) is 19.3 Å². The minimum atomic E-state index is -0.416. The predicted molar refractivity (Wildman–Crippen MR) is 107 cm³/mol. The number of pyridine rings is 1. The third-order valence-electron chi connectivity index (χ3n) is 4.36. The second-order valence-electron chi connectivity index (χ2n) is 6.29. The van der Waals surface area contributed by atoms with E-state index in [0.717, 1.165) is 27.8 Å². The van der Waals surface area contributed by atoms with E-state index in [1.165, 1.54) is 0 Å². The zero-order chi connectivity index (χ0) is 19.0. The Morgan fingerprint density at radius 1 is 1.11 bits per heavy atom. The van der Waals surface area contributed by atoms with Gasteiger partial charge in [0.15, 0.2) is 0 Å². The van der Waals surface area contributed by atoms with Gasteiger partial charge < -0.3 is 9.47 Å². The van der Waals surface area contributed by atoms with Crippen LogP contribution >= 0.6 is 11.6 Å². The summed E-state index contributed by atoms with van der Waals surface area (Å²) in [5.74, 6) is 0.819. The molecule has 4 rings (SSSR count). The van der Waals surface area contributed by atoms with E-state index in [1.807, 2.05) is 55.5 Å². The third kappa shape index (κ3) is 3.44. The van der Waals surface area contributed by atoms with E-state index in [4.69, 9.17) is 21.1 Å². The Labute approximate surface area is 161 Å². The second-order valence-corrected chi connectivity index (χ2v) is 6.65. The fraction of sp³-hybridized carbons (Fsp3) is 0.0909. The van der Waals surface area contributed by atoms with Crippen LogP contribution in [0.15, 0.2) is 60.2 Å². The van der Waals surface area contributed by atoms with Crippen molar-refractivity contribution in [1.29, 1.82) is 0 Å². The van der Waals surface area contributed by atoms with E-state index in [-0.39, 0.29) is 0 Å².